The predicted octanol–water partition coefficient (Wildman–Crippen LogP) is 3.28. The standard InChI is InChI=1S/C19H16BrN3O4/c1-12-2-4-13(5-3-12)18-22-16(27-23-18)11-26-17(24)10-21-19(25)14-6-8-15(20)9-7-14/h2-9H,10-11H2,1H3,(H,21,25). The second-order valence-electron chi connectivity index (χ2n) is 5.73. The van der Waals surface area contributed by atoms with Crippen molar-refractivity contribution in [2.45, 2.75) is 13.5 Å². The molecule has 7 nitrogen and oxygen atoms in total. The number of carbonyl (C=O) groups excluding carboxylic acids is 2. The Morgan fingerprint density at radius 1 is 1.11 bits per heavy atom. The van der Waals surface area contributed by atoms with Crippen molar-refractivity contribution in [2.24, 2.45) is 0 Å². The second-order valence-corrected chi connectivity index (χ2v) is 6.64. The van der Waals surface area contributed by atoms with Gasteiger partial charge in [-0.25, -0.2) is 0 Å². The Bertz CT molecular complexity index is 936. The van der Waals surface area contributed by atoms with Gasteiger partial charge in [-0.05, 0) is 31.2 Å². The van der Waals surface area contributed by atoms with E-state index in [1.165, 1.54) is 0 Å². The van der Waals surface area contributed by atoms with Crippen LogP contribution in [-0.2, 0) is 16.1 Å². The van der Waals surface area contributed by atoms with Gasteiger partial charge in [0.05, 0.1) is 0 Å². The number of ether oxygens (including phenoxy) is 1. The van der Waals surface area contributed by atoms with Crippen LogP contribution in [-0.4, -0.2) is 28.6 Å². The monoisotopic (exact) mass is 429 g/mol. The average Bonchev–Trinajstić information content (AvgIpc) is 3.14. The Kier molecular flexibility index (Phi) is 5.97. The summed E-state index contributed by atoms with van der Waals surface area (Å²) in [5, 5.41) is 6.36. The Morgan fingerprint density at radius 3 is 2.52 bits per heavy atom. The lowest BCUT2D eigenvalue weighted by Gasteiger charge is -2.05. The van der Waals surface area contributed by atoms with Crippen LogP contribution in [0.1, 0.15) is 21.8 Å². The second kappa shape index (κ2) is 8.59. The molecule has 0 spiro atoms. The molecule has 1 amide bonds. The van der Waals surface area contributed by atoms with Crippen molar-refractivity contribution < 1.29 is 18.8 Å². The van der Waals surface area contributed by atoms with Crippen molar-refractivity contribution in [1.82, 2.24) is 15.5 Å². The number of amides is 1. The van der Waals surface area contributed by atoms with Gasteiger partial charge in [-0.2, -0.15) is 4.98 Å². The number of aromatic nitrogens is 2. The fourth-order valence-electron chi connectivity index (χ4n) is 2.18. The minimum atomic E-state index is -0.601. The molecule has 1 heterocycles. The van der Waals surface area contributed by atoms with Crippen LogP contribution in [0, 0.1) is 6.92 Å². The molecule has 3 aromatic rings. The van der Waals surface area contributed by atoms with Crippen molar-refractivity contribution in [3.63, 3.8) is 0 Å². The summed E-state index contributed by atoms with van der Waals surface area (Å²) in [6.07, 6.45) is 0. The summed E-state index contributed by atoms with van der Waals surface area (Å²) in [6.45, 7) is 1.57. The molecule has 0 fully saturated rings. The lowest BCUT2D eigenvalue weighted by atomic mass is 10.1. The number of halogens is 1. The molecule has 27 heavy (non-hydrogen) atoms. The summed E-state index contributed by atoms with van der Waals surface area (Å²) >= 11 is 3.29. The van der Waals surface area contributed by atoms with Crippen LogP contribution in [0.4, 0.5) is 0 Å². The minimum Gasteiger partial charge on any atom is -0.454 e. The van der Waals surface area contributed by atoms with E-state index in [1.807, 2.05) is 31.2 Å². The number of aryl methyl sites for hydroxylation is 1. The van der Waals surface area contributed by atoms with E-state index in [1.54, 1.807) is 24.3 Å². The molecular formula is C19H16BrN3O4. The Hall–Kier alpha value is -3.00. The number of hydrogen-bond acceptors (Lipinski definition) is 6. The van der Waals surface area contributed by atoms with Gasteiger partial charge in [0, 0.05) is 15.6 Å². The largest absolute Gasteiger partial charge is 0.454 e. The Balaban J connectivity index is 1.47. The fourth-order valence-corrected chi connectivity index (χ4v) is 2.45. The first-order valence-corrected chi connectivity index (χ1v) is 8.89. The maximum absolute atomic E-state index is 11.9. The van der Waals surface area contributed by atoms with Crippen molar-refractivity contribution in [1.29, 1.82) is 0 Å². The van der Waals surface area contributed by atoms with Crippen molar-refractivity contribution in [2.75, 3.05) is 6.54 Å². The van der Waals surface area contributed by atoms with E-state index in [0.717, 1.165) is 15.6 Å². The molecule has 0 saturated heterocycles. The van der Waals surface area contributed by atoms with Crippen molar-refractivity contribution in [3.05, 3.63) is 70.0 Å². The third kappa shape index (κ3) is 5.24. The molecule has 1 N–H and O–H groups in total. The highest BCUT2D eigenvalue weighted by atomic mass is 79.9. The number of carbonyl (C=O) groups is 2. The summed E-state index contributed by atoms with van der Waals surface area (Å²) in [7, 11) is 0. The van der Waals surface area contributed by atoms with E-state index < -0.39 is 5.97 Å². The Morgan fingerprint density at radius 2 is 1.81 bits per heavy atom. The van der Waals surface area contributed by atoms with E-state index in [9.17, 15) is 9.59 Å². The summed E-state index contributed by atoms with van der Waals surface area (Å²) in [5.74, 6) is -0.364. The summed E-state index contributed by atoms with van der Waals surface area (Å²) < 4.78 is 11.0. The molecule has 0 radical (unpaired) electrons. The molecule has 3 rings (SSSR count). The van der Waals surface area contributed by atoms with Crippen LogP contribution in [0.2, 0.25) is 0 Å². The molecule has 8 heteroatoms. The first-order valence-electron chi connectivity index (χ1n) is 8.10. The lowest BCUT2D eigenvalue weighted by Crippen LogP contribution is -2.30. The molecule has 0 aliphatic carbocycles. The number of nitrogens with zero attached hydrogens (tertiary/aromatic N) is 2. The van der Waals surface area contributed by atoms with Gasteiger partial charge in [-0.15, -0.1) is 0 Å². The van der Waals surface area contributed by atoms with Crippen LogP contribution in [0.5, 0.6) is 0 Å². The zero-order valence-corrected chi connectivity index (χ0v) is 16.0. The maximum atomic E-state index is 11.9. The molecule has 0 bridgehead atoms. The van der Waals surface area contributed by atoms with Crippen LogP contribution in [0.15, 0.2) is 57.5 Å². The highest BCUT2D eigenvalue weighted by molar-refractivity contribution is 9.10. The molecule has 0 aliphatic rings. The van der Waals surface area contributed by atoms with Crippen LogP contribution in [0.25, 0.3) is 11.4 Å². The van der Waals surface area contributed by atoms with Crippen LogP contribution >= 0.6 is 15.9 Å². The summed E-state index contributed by atoms with van der Waals surface area (Å²) in [4.78, 5) is 27.9. The smallest absolute Gasteiger partial charge is 0.325 e. The highest BCUT2D eigenvalue weighted by Crippen LogP contribution is 2.16. The van der Waals surface area contributed by atoms with Gasteiger partial charge >= 0.3 is 5.97 Å². The van der Waals surface area contributed by atoms with Gasteiger partial charge in [0.2, 0.25) is 5.82 Å². The van der Waals surface area contributed by atoms with Crippen molar-refractivity contribution >= 4 is 27.8 Å². The maximum Gasteiger partial charge on any atom is 0.325 e. The number of esters is 1. The summed E-state index contributed by atoms with van der Waals surface area (Å²) in [5.41, 5.74) is 2.39. The van der Waals surface area contributed by atoms with E-state index in [4.69, 9.17) is 9.26 Å². The SMILES string of the molecule is Cc1ccc(-c2noc(COC(=O)CNC(=O)c3ccc(Br)cc3)n2)cc1. The molecule has 0 atom stereocenters. The van der Waals surface area contributed by atoms with Gasteiger partial charge in [-0.1, -0.05) is 50.9 Å². The lowest BCUT2D eigenvalue weighted by molar-refractivity contribution is -0.144. The van der Waals surface area contributed by atoms with Gasteiger partial charge < -0.3 is 14.6 Å². The zero-order valence-electron chi connectivity index (χ0n) is 14.4. The van der Waals surface area contributed by atoms with E-state index in [0.29, 0.717) is 11.4 Å². The normalized spacial score (nSPS) is 10.4. The first-order chi connectivity index (χ1) is 13.0. The molecule has 0 aliphatic heterocycles. The van der Waals surface area contributed by atoms with Crippen molar-refractivity contribution in [3.8, 4) is 11.4 Å². The third-order valence-corrected chi connectivity index (χ3v) is 4.16. The van der Waals surface area contributed by atoms with Crippen LogP contribution in [0.3, 0.4) is 0 Å². The highest BCUT2D eigenvalue weighted by Gasteiger charge is 2.12. The first kappa shape index (κ1) is 18.8. The van der Waals surface area contributed by atoms with Crippen LogP contribution < -0.4 is 5.32 Å². The number of hydrogen-bond donors (Lipinski definition) is 1. The van der Waals surface area contributed by atoms with Gasteiger partial charge in [0.25, 0.3) is 11.8 Å². The minimum absolute atomic E-state index is 0.161. The van der Waals surface area contributed by atoms with Gasteiger partial charge in [0.15, 0.2) is 6.61 Å². The molecule has 138 valence electrons. The molecule has 1 aromatic heterocycles. The van der Waals surface area contributed by atoms with E-state index in [-0.39, 0.29) is 24.9 Å². The quantitative estimate of drug-likeness (QED) is 0.604. The van der Waals surface area contributed by atoms with Gasteiger partial charge in [0.1, 0.15) is 6.54 Å². The number of nitrogens with one attached hydrogen (secondary N) is 1. The topological polar surface area (TPSA) is 94.3 Å². The molecule has 2 aromatic carbocycles. The third-order valence-electron chi connectivity index (χ3n) is 3.63. The molecular weight excluding hydrogens is 414 g/mol. The number of rotatable bonds is 6. The molecule has 0 saturated carbocycles. The molecule has 0 unspecified atom stereocenters. The fraction of sp³-hybridized carbons (Fsp3) is 0.158. The zero-order chi connectivity index (χ0) is 19.2. The van der Waals surface area contributed by atoms with E-state index in [2.05, 4.69) is 31.4 Å². The van der Waals surface area contributed by atoms with E-state index >= 15 is 0 Å². The average molecular weight is 430 g/mol. The number of benzene rings is 2. The predicted molar refractivity (Wildman–Crippen MR) is 101 cm³/mol. The Labute approximate surface area is 163 Å². The summed E-state index contributed by atoms with van der Waals surface area (Å²) in [6, 6.07) is 14.4. The van der Waals surface area contributed by atoms with Gasteiger partial charge in [-0.3, -0.25) is 9.59 Å².